The van der Waals surface area contributed by atoms with Crippen molar-refractivity contribution in [3.63, 3.8) is 0 Å². The smallest absolute Gasteiger partial charge is 0.173 e. The second-order valence-electron chi connectivity index (χ2n) is 10.6. The van der Waals surface area contributed by atoms with Gasteiger partial charge in [0.1, 0.15) is 16.5 Å². The van der Waals surface area contributed by atoms with Crippen LogP contribution in [0.1, 0.15) is 69.3 Å². The fourth-order valence-corrected chi connectivity index (χ4v) is 5.77. The van der Waals surface area contributed by atoms with E-state index in [0.29, 0.717) is 33.9 Å². The van der Waals surface area contributed by atoms with Gasteiger partial charge in [-0.3, -0.25) is 4.79 Å². The third-order valence-corrected chi connectivity index (χ3v) is 8.02. The first-order valence-corrected chi connectivity index (χ1v) is 15.1. The van der Waals surface area contributed by atoms with E-state index in [9.17, 15) is 9.00 Å². The van der Waals surface area contributed by atoms with Gasteiger partial charge in [0.05, 0.1) is 22.3 Å². The molecule has 4 aromatic rings. The van der Waals surface area contributed by atoms with Crippen LogP contribution < -0.4 is 0 Å². The third-order valence-electron chi connectivity index (χ3n) is 6.59. The quantitative estimate of drug-likeness (QED) is 0.109. The number of H-pyrrole nitrogens is 1. The molecule has 1 unspecified atom stereocenters. The molecule has 0 saturated carbocycles. The molecule has 4 rings (SSSR count). The van der Waals surface area contributed by atoms with Gasteiger partial charge in [-0.15, -0.1) is 6.58 Å². The first-order chi connectivity index (χ1) is 19.2. The summed E-state index contributed by atoms with van der Waals surface area (Å²) >= 11 is 0. The highest BCUT2D eigenvalue weighted by Crippen LogP contribution is 2.29. The number of ketones is 1. The van der Waals surface area contributed by atoms with Crippen molar-refractivity contribution in [2.45, 2.75) is 65.2 Å². The van der Waals surface area contributed by atoms with Gasteiger partial charge in [-0.1, -0.05) is 101 Å². The lowest BCUT2D eigenvalue weighted by Crippen LogP contribution is -2.40. The Hall–Kier alpha value is -3.42. The van der Waals surface area contributed by atoms with Crippen LogP contribution in [0.4, 0.5) is 0 Å². The Bertz CT molecular complexity index is 1420. The van der Waals surface area contributed by atoms with Gasteiger partial charge in [0.2, 0.25) is 0 Å². The molecule has 7 heteroatoms. The van der Waals surface area contributed by atoms with Crippen LogP contribution in [0.5, 0.6) is 0 Å². The van der Waals surface area contributed by atoms with E-state index >= 15 is 0 Å². The minimum absolute atomic E-state index is 0.0893. The van der Waals surface area contributed by atoms with Crippen molar-refractivity contribution < 1.29 is 9.00 Å². The van der Waals surface area contributed by atoms with Gasteiger partial charge in [-0.05, 0) is 25.1 Å². The number of hydrogen-bond donors (Lipinski definition) is 1. The van der Waals surface area contributed by atoms with Crippen LogP contribution >= 0.6 is 0 Å². The molecule has 0 spiro atoms. The summed E-state index contributed by atoms with van der Waals surface area (Å²) in [6, 6.07) is 17.3. The summed E-state index contributed by atoms with van der Waals surface area (Å²) in [6.45, 7) is 14.7. The molecule has 2 heterocycles. The molecule has 0 bridgehead atoms. The van der Waals surface area contributed by atoms with Crippen molar-refractivity contribution in [2.75, 3.05) is 13.1 Å². The number of nitrogens with one attached hydrogen (secondary N) is 1. The Balaban J connectivity index is 0.000000663. The summed E-state index contributed by atoms with van der Waals surface area (Å²) in [5.41, 5.74) is 3.53. The molecular formula is C33H42N4O2S. The fraction of sp³-hybridized carbons (Fsp3) is 0.364. The molecule has 0 aliphatic rings. The maximum Gasteiger partial charge on any atom is 0.173 e. The van der Waals surface area contributed by atoms with E-state index in [1.807, 2.05) is 75.4 Å². The number of aryl methyl sites for hydroxylation is 1. The molecule has 6 nitrogen and oxygen atoms in total. The predicted molar refractivity (Wildman–Crippen MR) is 167 cm³/mol. The number of hydrogen-bond acceptors (Lipinski definition) is 4. The number of carbonyl (C=O) groups excluding carboxylic acids is 1. The number of rotatable bonds is 12. The lowest BCUT2D eigenvalue weighted by Gasteiger charge is -2.30. The zero-order valence-corrected chi connectivity index (χ0v) is 25.3. The third kappa shape index (κ3) is 8.05. The maximum atomic E-state index is 13.7. The normalized spacial score (nSPS) is 12.2. The number of nitrogens with zero attached hydrogens (tertiary/aromatic N) is 3. The van der Waals surface area contributed by atoms with Crippen LogP contribution in [0.2, 0.25) is 0 Å². The van der Waals surface area contributed by atoms with Gasteiger partial charge in [-0.2, -0.15) is 0 Å². The van der Waals surface area contributed by atoms with Crippen LogP contribution in [0, 0.1) is 12.3 Å². The van der Waals surface area contributed by atoms with Crippen molar-refractivity contribution in [2.24, 2.45) is 5.41 Å². The summed E-state index contributed by atoms with van der Waals surface area (Å²) < 4.78 is 15.0. The first kappa shape index (κ1) is 31.1. The molecule has 2 aromatic carbocycles. The van der Waals surface area contributed by atoms with Gasteiger partial charge >= 0.3 is 0 Å². The van der Waals surface area contributed by atoms with Crippen molar-refractivity contribution >= 4 is 27.9 Å². The number of fused-ring (bicyclic) bond motifs is 1. The van der Waals surface area contributed by atoms with E-state index in [2.05, 4.69) is 30.4 Å². The molecule has 2 aromatic heterocycles. The zero-order chi connectivity index (χ0) is 29.1. The standard InChI is InChI=1S/C27H28N4O2S.C6H14/c1-5-14-31(34(33)21-12-7-6-8-13-21)18-27(3,4)25(32)22-16-28-26-24(22)30-23(17-29-26)20-11-9-10-19(2)15-20;1-3-5-6-4-2/h5-13,15-17H,1,14,18H2,2-4H3,(H,28,29);3-6H2,1-2H3. The molecule has 1 atom stereocenters. The minimum atomic E-state index is -1.41. The average molecular weight is 559 g/mol. The predicted octanol–water partition coefficient (Wildman–Crippen LogP) is 7.94. The first-order valence-electron chi connectivity index (χ1n) is 14.0. The summed E-state index contributed by atoms with van der Waals surface area (Å²) in [5, 5.41) is 0. The minimum Gasteiger partial charge on any atom is -0.344 e. The Morgan fingerprint density at radius 3 is 2.40 bits per heavy atom. The lowest BCUT2D eigenvalue weighted by molar-refractivity contribution is 0.0817. The summed E-state index contributed by atoms with van der Waals surface area (Å²) in [5.74, 6) is -0.0893. The van der Waals surface area contributed by atoms with E-state index in [-0.39, 0.29) is 12.3 Å². The lowest BCUT2D eigenvalue weighted by atomic mass is 9.84. The van der Waals surface area contributed by atoms with Crippen LogP contribution in [0.25, 0.3) is 22.4 Å². The van der Waals surface area contributed by atoms with Gasteiger partial charge < -0.3 is 4.98 Å². The largest absolute Gasteiger partial charge is 0.344 e. The number of aromatic amines is 1. The van der Waals surface area contributed by atoms with Crippen molar-refractivity contribution in [1.82, 2.24) is 19.3 Å². The Kier molecular flexibility index (Phi) is 11.5. The van der Waals surface area contributed by atoms with Crippen LogP contribution in [-0.2, 0) is 11.0 Å². The number of carbonyl (C=O) groups is 1. The molecule has 0 amide bonds. The molecule has 0 aliphatic heterocycles. The molecule has 0 aliphatic carbocycles. The number of benzene rings is 2. The molecule has 0 fully saturated rings. The van der Waals surface area contributed by atoms with Crippen LogP contribution in [0.15, 0.2) is 84.5 Å². The highest BCUT2D eigenvalue weighted by Gasteiger charge is 2.34. The van der Waals surface area contributed by atoms with E-state index in [1.165, 1.54) is 25.7 Å². The van der Waals surface area contributed by atoms with Crippen LogP contribution in [0.3, 0.4) is 0 Å². The number of unbranched alkanes of at least 4 members (excludes halogenated alkanes) is 3. The second kappa shape index (κ2) is 14.8. The van der Waals surface area contributed by atoms with Crippen molar-refractivity contribution in [3.05, 3.63) is 90.8 Å². The second-order valence-corrected chi connectivity index (χ2v) is 12.1. The van der Waals surface area contributed by atoms with Gasteiger partial charge in [0.15, 0.2) is 11.4 Å². The van der Waals surface area contributed by atoms with E-state index in [0.717, 1.165) is 11.1 Å². The Morgan fingerprint density at radius 1 is 1.07 bits per heavy atom. The summed E-state index contributed by atoms with van der Waals surface area (Å²) in [7, 11) is -1.41. The highest BCUT2D eigenvalue weighted by molar-refractivity contribution is 7.82. The molecule has 40 heavy (non-hydrogen) atoms. The monoisotopic (exact) mass is 558 g/mol. The molecular weight excluding hydrogens is 516 g/mol. The average Bonchev–Trinajstić information content (AvgIpc) is 3.39. The SMILES string of the molecule is C=CCN(CC(C)(C)C(=O)c1c[nH]c2ncc(-c3cccc(C)c3)nc12)S(=O)c1ccccc1.CCCCCC. The maximum absolute atomic E-state index is 13.7. The van der Waals surface area contributed by atoms with Crippen molar-refractivity contribution in [1.29, 1.82) is 0 Å². The zero-order valence-electron chi connectivity index (χ0n) is 24.4. The highest BCUT2D eigenvalue weighted by atomic mass is 32.2. The summed E-state index contributed by atoms with van der Waals surface area (Å²) in [6.07, 6.45) is 10.6. The number of aromatic nitrogens is 3. The van der Waals surface area contributed by atoms with E-state index < -0.39 is 16.4 Å². The Labute approximate surface area is 241 Å². The molecule has 0 radical (unpaired) electrons. The van der Waals surface area contributed by atoms with Gasteiger partial charge in [0.25, 0.3) is 0 Å². The molecule has 212 valence electrons. The fourth-order valence-electron chi connectivity index (χ4n) is 4.41. The van der Waals surface area contributed by atoms with Crippen LogP contribution in [-0.4, -0.2) is 42.3 Å². The topological polar surface area (TPSA) is 79.0 Å². The van der Waals surface area contributed by atoms with E-state index in [4.69, 9.17) is 4.98 Å². The van der Waals surface area contributed by atoms with Gasteiger partial charge in [-0.25, -0.2) is 18.5 Å². The molecule has 1 N–H and O–H groups in total. The van der Waals surface area contributed by atoms with Crippen molar-refractivity contribution in [3.8, 4) is 11.3 Å². The van der Waals surface area contributed by atoms with Gasteiger partial charge in [0, 0.05) is 30.3 Å². The van der Waals surface area contributed by atoms with E-state index in [1.54, 1.807) is 22.8 Å². The number of Topliss-reactive ketones (excluding diaryl/α,β-unsaturated/α-hetero) is 1. The summed E-state index contributed by atoms with van der Waals surface area (Å²) in [4.78, 5) is 26.7. The molecule has 0 saturated heterocycles. The Morgan fingerprint density at radius 2 is 1.77 bits per heavy atom.